The fourth-order valence-corrected chi connectivity index (χ4v) is 2.18. The van der Waals surface area contributed by atoms with Gasteiger partial charge in [-0.1, -0.05) is 11.6 Å². The minimum atomic E-state index is -1.02. The van der Waals surface area contributed by atoms with Gasteiger partial charge in [-0.15, -0.1) is 0 Å². The monoisotopic (exact) mass is 260 g/mol. The topological polar surface area (TPSA) is 73.4 Å². The minimum absolute atomic E-state index is 0.281. The highest BCUT2D eigenvalue weighted by Crippen LogP contribution is 2.24. The summed E-state index contributed by atoms with van der Waals surface area (Å²) in [6.07, 6.45) is 0. The third kappa shape index (κ3) is 2.45. The maximum absolute atomic E-state index is 12.3. The van der Waals surface area contributed by atoms with Crippen molar-refractivity contribution in [2.24, 2.45) is 0 Å². The van der Waals surface area contributed by atoms with Crippen LogP contribution in [0.15, 0.2) is 18.2 Å². The Hall–Kier alpha value is -2.30. The van der Waals surface area contributed by atoms with E-state index in [0.29, 0.717) is 5.56 Å². The van der Waals surface area contributed by atoms with E-state index in [-0.39, 0.29) is 12.5 Å². The Bertz CT molecular complexity index is 658. The van der Waals surface area contributed by atoms with Crippen molar-refractivity contribution in [2.45, 2.75) is 13.8 Å². The van der Waals surface area contributed by atoms with Crippen molar-refractivity contribution in [3.05, 3.63) is 35.0 Å². The first-order valence-electron chi connectivity index (χ1n) is 5.96. The first-order valence-corrected chi connectivity index (χ1v) is 5.96. The number of carbonyl (C=O) groups excluding carboxylic acids is 1. The van der Waals surface area contributed by atoms with Gasteiger partial charge in [-0.05, 0) is 26.0 Å². The molecule has 0 saturated heterocycles. The van der Waals surface area contributed by atoms with Crippen molar-refractivity contribution >= 4 is 22.8 Å². The van der Waals surface area contributed by atoms with Crippen molar-refractivity contribution in [3.8, 4) is 0 Å². The molecule has 5 nitrogen and oxygen atoms in total. The smallest absolute Gasteiger partial charge is 0.323 e. The molecule has 0 aliphatic rings. The molecule has 0 unspecified atom stereocenters. The van der Waals surface area contributed by atoms with E-state index in [4.69, 9.17) is 5.11 Å². The lowest BCUT2D eigenvalue weighted by molar-refractivity contribution is -0.137. The Kier molecular flexibility index (Phi) is 3.29. The molecule has 5 heteroatoms. The van der Waals surface area contributed by atoms with E-state index in [2.05, 4.69) is 4.98 Å². The number of aliphatic carboxylic acids is 1. The van der Waals surface area contributed by atoms with Gasteiger partial charge in [-0.3, -0.25) is 9.59 Å². The van der Waals surface area contributed by atoms with E-state index >= 15 is 0 Å². The summed E-state index contributed by atoms with van der Waals surface area (Å²) < 4.78 is 0. The van der Waals surface area contributed by atoms with E-state index in [9.17, 15) is 9.59 Å². The number of benzene rings is 1. The highest BCUT2D eigenvalue weighted by Gasteiger charge is 2.20. The van der Waals surface area contributed by atoms with Gasteiger partial charge in [0, 0.05) is 23.6 Å². The zero-order chi connectivity index (χ0) is 14.2. The number of H-pyrrole nitrogens is 1. The second kappa shape index (κ2) is 4.76. The maximum atomic E-state index is 12.3. The fraction of sp³-hybridized carbons (Fsp3) is 0.286. The van der Waals surface area contributed by atoms with Crippen LogP contribution in [0.4, 0.5) is 0 Å². The molecular formula is C14H16N2O3. The number of carboxylic acids is 1. The third-order valence-corrected chi connectivity index (χ3v) is 3.07. The number of amides is 1. The zero-order valence-corrected chi connectivity index (χ0v) is 11.2. The molecule has 1 aromatic carbocycles. The quantitative estimate of drug-likeness (QED) is 0.885. The lowest BCUT2D eigenvalue weighted by atomic mass is 10.1. The number of aromatic amines is 1. The van der Waals surface area contributed by atoms with Gasteiger partial charge in [0.05, 0.1) is 5.56 Å². The van der Waals surface area contributed by atoms with Crippen LogP contribution in [-0.4, -0.2) is 40.5 Å². The highest BCUT2D eigenvalue weighted by atomic mass is 16.4. The van der Waals surface area contributed by atoms with Gasteiger partial charge >= 0.3 is 5.97 Å². The molecule has 2 aromatic rings. The molecule has 19 heavy (non-hydrogen) atoms. The Labute approximate surface area is 110 Å². The second-order valence-electron chi connectivity index (χ2n) is 4.73. The summed E-state index contributed by atoms with van der Waals surface area (Å²) in [6, 6.07) is 5.82. The van der Waals surface area contributed by atoms with Crippen molar-refractivity contribution in [1.82, 2.24) is 9.88 Å². The zero-order valence-electron chi connectivity index (χ0n) is 11.2. The normalized spacial score (nSPS) is 10.7. The minimum Gasteiger partial charge on any atom is -0.480 e. The standard InChI is InChI=1S/C14H16N2O3/c1-8-4-5-11-10(6-8)13(9(2)15-11)14(19)16(3)7-12(17)18/h4-6,15H,7H2,1-3H3,(H,17,18). The highest BCUT2D eigenvalue weighted by molar-refractivity contribution is 6.08. The molecule has 0 saturated carbocycles. The molecule has 2 N–H and O–H groups in total. The first kappa shape index (κ1) is 13.1. The molecule has 1 heterocycles. The molecule has 0 atom stereocenters. The van der Waals surface area contributed by atoms with Crippen LogP contribution in [0.1, 0.15) is 21.6 Å². The fourth-order valence-electron chi connectivity index (χ4n) is 2.18. The molecule has 100 valence electrons. The predicted octanol–water partition coefficient (Wildman–Crippen LogP) is 1.94. The molecule has 0 aliphatic heterocycles. The van der Waals surface area contributed by atoms with Gasteiger partial charge in [0.15, 0.2) is 0 Å². The number of fused-ring (bicyclic) bond motifs is 1. The summed E-state index contributed by atoms with van der Waals surface area (Å²) in [5.41, 5.74) is 3.24. The lowest BCUT2D eigenvalue weighted by Gasteiger charge is -2.14. The molecular weight excluding hydrogens is 244 g/mol. The summed E-state index contributed by atoms with van der Waals surface area (Å²) in [6.45, 7) is 3.46. The van der Waals surface area contributed by atoms with Crippen LogP contribution in [-0.2, 0) is 4.79 Å². The van der Waals surface area contributed by atoms with Crippen LogP contribution in [0, 0.1) is 13.8 Å². The van der Waals surface area contributed by atoms with E-state index < -0.39 is 5.97 Å². The van der Waals surface area contributed by atoms with Gasteiger partial charge in [-0.25, -0.2) is 0 Å². The van der Waals surface area contributed by atoms with Gasteiger partial charge < -0.3 is 15.0 Å². The number of rotatable bonds is 3. The lowest BCUT2D eigenvalue weighted by Crippen LogP contribution is -2.32. The Morgan fingerprint density at radius 3 is 2.63 bits per heavy atom. The molecule has 0 aliphatic carbocycles. The molecule has 0 spiro atoms. The maximum Gasteiger partial charge on any atom is 0.323 e. The second-order valence-corrected chi connectivity index (χ2v) is 4.73. The number of aryl methyl sites for hydroxylation is 2. The van der Waals surface area contributed by atoms with Crippen LogP contribution in [0.25, 0.3) is 10.9 Å². The number of carboxylic acid groups (broad SMARTS) is 1. The molecule has 1 aromatic heterocycles. The molecule has 2 rings (SSSR count). The number of likely N-dealkylation sites (N-methyl/N-ethyl adjacent to an activating group) is 1. The van der Waals surface area contributed by atoms with Crippen LogP contribution in [0.3, 0.4) is 0 Å². The van der Waals surface area contributed by atoms with Crippen LogP contribution < -0.4 is 0 Å². The number of nitrogens with one attached hydrogen (secondary N) is 1. The Balaban J connectivity index is 2.49. The predicted molar refractivity (Wildman–Crippen MR) is 72.4 cm³/mol. The molecule has 0 fully saturated rings. The molecule has 1 amide bonds. The molecule has 0 bridgehead atoms. The Morgan fingerprint density at radius 1 is 1.32 bits per heavy atom. The van der Waals surface area contributed by atoms with Crippen LogP contribution in [0.2, 0.25) is 0 Å². The van der Waals surface area contributed by atoms with Crippen molar-refractivity contribution in [2.75, 3.05) is 13.6 Å². The van der Waals surface area contributed by atoms with Crippen molar-refractivity contribution in [1.29, 1.82) is 0 Å². The average molecular weight is 260 g/mol. The van der Waals surface area contributed by atoms with E-state index in [1.54, 1.807) is 0 Å². The van der Waals surface area contributed by atoms with Crippen molar-refractivity contribution < 1.29 is 14.7 Å². The van der Waals surface area contributed by atoms with E-state index in [0.717, 1.165) is 22.2 Å². The first-order chi connectivity index (χ1) is 8.90. The van der Waals surface area contributed by atoms with E-state index in [1.807, 2.05) is 32.0 Å². The third-order valence-electron chi connectivity index (χ3n) is 3.07. The largest absolute Gasteiger partial charge is 0.480 e. The SMILES string of the molecule is Cc1ccc2[nH]c(C)c(C(=O)N(C)CC(=O)O)c2c1. The molecule has 0 radical (unpaired) electrons. The average Bonchev–Trinajstić information content (AvgIpc) is 2.62. The Morgan fingerprint density at radius 2 is 2.00 bits per heavy atom. The summed E-state index contributed by atoms with van der Waals surface area (Å²) in [7, 11) is 1.49. The number of nitrogens with zero attached hydrogens (tertiary/aromatic N) is 1. The van der Waals surface area contributed by atoms with Crippen LogP contribution >= 0.6 is 0 Å². The summed E-state index contributed by atoms with van der Waals surface area (Å²) in [4.78, 5) is 27.4. The number of hydrogen-bond acceptors (Lipinski definition) is 2. The van der Waals surface area contributed by atoms with Crippen LogP contribution in [0.5, 0.6) is 0 Å². The van der Waals surface area contributed by atoms with E-state index in [1.165, 1.54) is 11.9 Å². The van der Waals surface area contributed by atoms with Crippen molar-refractivity contribution in [3.63, 3.8) is 0 Å². The van der Waals surface area contributed by atoms with Gasteiger partial charge in [-0.2, -0.15) is 0 Å². The van der Waals surface area contributed by atoms with Gasteiger partial charge in [0.1, 0.15) is 6.54 Å². The number of aromatic nitrogens is 1. The van der Waals surface area contributed by atoms with Gasteiger partial charge in [0.25, 0.3) is 5.91 Å². The summed E-state index contributed by atoms with van der Waals surface area (Å²) in [5, 5.41) is 9.59. The van der Waals surface area contributed by atoms with Gasteiger partial charge in [0.2, 0.25) is 0 Å². The number of hydrogen-bond donors (Lipinski definition) is 2. The summed E-state index contributed by atoms with van der Waals surface area (Å²) in [5.74, 6) is -1.30. The summed E-state index contributed by atoms with van der Waals surface area (Å²) >= 11 is 0. The number of carbonyl (C=O) groups is 2.